The number of hydrogen-bond donors (Lipinski definition) is 0. The lowest BCUT2D eigenvalue weighted by molar-refractivity contribution is -0.0498. The summed E-state index contributed by atoms with van der Waals surface area (Å²) in [4.78, 5) is 0. The van der Waals surface area contributed by atoms with Gasteiger partial charge in [0.2, 0.25) is 0 Å². The number of alkyl halides is 2. The molecule has 0 aliphatic heterocycles. The highest BCUT2D eigenvalue weighted by Crippen LogP contribution is 2.25. The molecule has 22 heavy (non-hydrogen) atoms. The van der Waals surface area contributed by atoms with Gasteiger partial charge in [-0.3, -0.25) is 4.21 Å². The summed E-state index contributed by atoms with van der Waals surface area (Å²) in [7, 11) is -1.32. The molecule has 0 heterocycles. The molecule has 0 aromatic heterocycles. The van der Waals surface area contributed by atoms with Crippen LogP contribution < -0.4 is 4.74 Å². The second-order valence-electron chi connectivity index (χ2n) is 4.71. The van der Waals surface area contributed by atoms with Crippen LogP contribution >= 0.6 is 0 Å². The Balaban J connectivity index is 2.04. The van der Waals surface area contributed by atoms with E-state index in [9.17, 15) is 17.4 Å². The summed E-state index contributed by atoms with van der Waals surface area (Å²) in [6, 6.07) is 12.2. The molecule has 0 radical (unpaired) electrons. The summed E-state index contributed by atoms with van der Waals surface area (Å²) in [6.07, 6.45) is 0. The van der Waals surface area contributed by atoms with E-state index in [4.69, 9.17) is 0 Å². The van der Waals surface area contributed by atoms with Crippen molar-refractivity contribution < 1.29 is 22.1 Å². The van der Waals surface area contributed by atoms with Crippen molar-refractivity contribution in [3.63, 3.8) is 0 Å². The molecule has 6 heteroatoms. The predicted octanol–water partition coefficient (Wildman–Crippen LogP) is 4.44. The van der Waals surface area contributed by atoms with Gasteiger partial charge in [0.25, 0.3) is 0 Å². The van der Waals surface area contributed by atoms with Gasteiger partial charge in [-0.15, -0.1) is 0 Å². The van der Waals surface area contributed by atoms with Crippen LogP contribution in [0, 0.1) is 5.82 Å². The zero-order chi connectivity index (χ0) is 16.1. The molecule has 0 aliphatic rings. The molecule has 2 rings (SSSR count). The molecule has 0 N–H and O–H groups in total. The van der Waals surface area contributed by atoms with Gasteiger partial charge in [0.1, 0.15) is 11.6 Å². The molecule has 2 nitrogen and oxygen atoms in total. The molecule has 0 saturated carbocycles. The molecule has 0 unspecified atom stereocenters. The number of halogens is 3. The largest absolute Gasteiger partial charge is 0.435 e. The summed E-state index contributed by atoms with van der Waals surface area (Å²) in [5, 5.41) is -0.460. The average Bonchev–Trinajstić information content (AvgIpc) is 2.48. The molecular weight excluding hydrogens is 313 g/mol. The van der Waals surface area contributed by atoms with Gasteiger partial charge in [0.05, 0.1) is 5.25 Å². The maximum atomic E-state index is 13.7. The first-order chi connectivity index (χ1) is 10.5. The first-order valence-electron chi connectivity index (χ1n) is 6.62. The van der Waals surface area contributed by atoms with Gasteiger partial charge in [0, 0.05) is 22.1 Å². The van der Waals surface area contributed by atoms with E-state index in [1.54, 1.807) is 37.3 Å². The Morgan fingerprint density at radius 2 is 1.73 bits per heavy atom. The van der Waals surface area contributed by atoms with E-state index in [2.05, 4.69) is 4.74 Å². The third-order valence-corrected chi connectivity index (χ3v) is 4.86. The van der Waals surface area contributed by atoms with E-state index < -0.39 is 22.7 Å². The van der Waals surface area contributed by atoms with E-state index in [0.717, 1.165) is 0 Å². The standard InChI is InChI=1S/C16H15F3O2S/c1-11(14-4-2-3-5-15(14)17)22(20)10-12-6-8-13(9-7-12)21-16(18)19/h2-9,11,16H,10H2,1H3/t11-,22-/m1/s1. The lowest BCUT2D eigenvalue weighted by atomic mass is 10.1. The Bertz CT molecular complexity index is 644. The fraction of sp³-hybridized carbons (Fsp3) is 0.250. The van der Waals surface area contributed by atoms with Crippen LogP contribution in [0.2, 0.25) is 0 Å². The molecule has 0 spiro atoms. The van der Waals surface area contributed by atoms with Crippen molar-refractivity contribution in [2.24, 2.45) is 0 Å². The Morgan fingerprint density at radius 1 is 1.09 bits per heavy atom. The molecule has 2 atom stereocenters. The quantitative estimate of drug-likeness (QED) is 0.784. The SMILES string of the molecule is C[C@H](c1ccccc1F)[S@](=O)Cc1ccc(OC(F)F)cc1. The second kappa shape index (κ2) is 7.45. The van der Waals surface area contributed by atoms with Crippen LogP contribution in [-0.4, -0.2) is 10.8 Å². The normalized spacial score (nSPS) is 13.9. The lowest BCUT2D eigenvalue weighted by Crippen LogP contribution is -2.07. The smallest absolute Gasteiger partial charge is 0.387 e. The molecular formula is C16H15F3O2S. The van der Waals surface area contributed by atoms with Crippen LogP contribution in [0.4, 0.5) is 13.2 Å². The van der Waals surface area contributed by atoms with Crippen LogP contribution in [0.15, 0.2) is 48.5 Å². The van der Waals surface area contributed by atoms with Crippen LogP contribution in [-0.2, 0) is 16.6 Å². The minimum absolute atomic E-state index is 0.0479. The van der Waals surface area contributed by atoms with E-state index in [0.29, 0.717) is 11.1 Å². The molecule has 2 aromatic carbocycles. The summed E-state index contributed by atoms with van der Waals surface area (Å²) >= 11 is 0. The molecule has 0 amide bonds. The lowest BCUT2D eigenvalue weighted by Gasteiger charge is -2.13. The second-order valence-corrected chi connectivity index (χ2v) is 6.47. The van der Waals surface area contributed by atoms with Crippen molar-refractivity contribution in [1.82, 2.24) is 0 Å². The van der Waals surface area contributed by atoms with Gasteiger partial charge >= 0.3 is 6.61 Å². The highest BCUT2D eigenvalue weighted by molar-refractivity contribution is 7.84. The van der Waals surface area contributed by atoms with Crippen LogP contribution in [0.1, 0.15) is 23.3 Å². The van der Waals surface area contributed by atoms with Crippen molar-refractivity contribution in [3.8, 4) is 5.75 Å². The minimum Gasteiger partial charge on any atom is -0.435 e. The van der Waals surface area contributed by atoms with Crippen LogP contribution in [0.5, 0.6) is 5.75 Å². The van der Waals surface area contributed by atoms with E-state index in [1.165, 1.54) is 18.2 Å². The third-order valence-electron chi connectivity index (χ3n) is 3.19. The van der Waals surface area contributed by atoms with Gasteiger partial charge in [-0.1, -0.05) is 30.3 Å². The average molecular weight is 328 g/mol. The molecule has 0 saturated heterocycles. The van der Waals surface area contributed by atoms with Gasteiger partial charge < -0.3 is 4.74 Å². The molecule has 0 bridgehead atoms. The molecule has 0 aliphatic carbocycles. The first kappa shape index (κ1) is 16.5. The van der Waals surface area contributed by atoms with Crippen molar-refractivity contribution in [3.05, 3.63) is 65.5 Å². The fourth-order valence-electron chi connectivity index (χ4n) is 2.00. The van der Waals surface area contributed by atoms with Gasteiger partial charge in [-0.2, -0.15) is 8.78 Å². The van der Waals surface area contributed by atoms with E-state index in [1.807, 2.05) is 0 Å². The van der Waals surface area contributed by atoms with Crippen LogP contribution in [0.25, 0.3) is 0 Å². The number of ether oxygens (including phenoxy) is 1. The number of benzene rings is 2. The maximum absolute atomic E-state index is 13.7. The third kappa shape index (κ3) is 4.34. The highest BCUT2D eigenvalue weighted by Gasteiger charge is 2.17. The number of hydrogen-bond acceptors (Lipinski definition) is 2. The maximum Gasteiger partial charge on any atom is 0.387 e. The van der Waals surface area contributed by atoms with Gasteiger partial charge in [-0.05, 0) is 30.7 Å². The Kier molecular flexibility index (Phi) is 5.60. The van der Waals surface area contributed by atoms with Crippen LogP contribution in [0.3, 0.4) is 0 Å². The Hall–Kier alpha value is -1.82. The fourth-order valence-corrected chi connectivity index (χ4v) is 3.25. The summed E-state index contributed by atoms with van der Waals surface area (Å²) < 4.78 is 54.4. The highest BCUT2D eigenvalue weighted by atomic mass is 32.2. The molecule has 0 fully saturated rings. The summed E-state index contributed by atoms with van der Waals surface area (Å²) in [5.74, 6) is -0.125. The summed E-state index contributed by atoms with van der Waals surface area (Å²) in [5.41, 5.74) is 1.11. The topological polar surface area (TPSA) is 26.3 Å². The molecule has 2 aromatic rings. The molecule has 118 valence electrons. The van der Waals surface area contributed by atoms with E-state index >= 15 is 0 Å². The minimum atomic E-state index is -2.87. The summed E-state index contributed by atoms with van der Waals surface area (Å²) in [6.45, 7) is -1.18. The predicted molar refractivity (Wildman–Crippen MR) is 79.7 cm³/mol. The first-order valence-corrected chi connectivity index (χ1v) is 8.01. The van der Waals surface area contributed by atoms with Gasteiger partial charge in [0.15, 0.2) is 0 Å². The number of rotatable bonds is 6. The zero-order valence-electron chi connectivity index (χ0n) is 11.8. The Morgan fingerprint density at radius 3 is 2.32 bits per heavy atom. The van der Waals surface area contributed by atoms with Crippen molar-refractivity contribution >= 4 is 10.8 Å². The monoisotopic (exact) mass is 328 g/mol. The van der Waals surface area contributed by atoms with Crippen molar-refractivity contribution in [2.45, 2.75) is 24.5 Å². The van der Waals surface area contributed by atoms with Gasteiger partial charge in [-0.25, -0.2) is 4.39 Å². The Labute approximate surface area is 129 Å². The van der Waals surface area contributed by atoms with Crippen molar-refractivity contribution in [2.75, 3.05) is 0 Å². The van der Waals surface area contributed by atoms with Crippen molar-refractivity contribution in [1.29, 1.82) is 0 Å². The zero-order valence-corrected chi connectivity index (χ0v) is 12.7. The van der Waals surface area contributed by atoms with E-state index in [-0.39, 0.29) is 17.3 Å².